The number of rotatable bonds is 5. The lowest BCUT2D eigenvalue weighted by Gasteiger charge is -2.33. The van der Waals surface area contributed by atoms with Crippen molar-refractivity contribution in [1.82, 2.24) is 10.2 Å². The fourth-order valence-electron chi connectivity index (χ4n) is 3.32. The first kappa shape index (κ1) is 23.7. The van der Waals surface area contributed by atoms with Crippen LogP contribution in [-0.4, -0.2) is 57.7 Å². The summed E-state index contributed by atoms with van der Waals surface area (Å²) in [6, 6.07) is 1.24. The molecule has 1 aromatic rings. The van der Waals surface area contributed by atoms with Gasteiger partial charge in [-0.2, -0.15) is 26.3 Å². The minimum Gasteiger partial charge on any atom is -0.493 e. The molecule has 0 saturated carbocycles. The molecular formula is C18H22F6N2O4. The largest absolute Gasteiger partial charge is 0.493 e. The molecule has 2 rings (SSSR count). The van der Waals surface area contributed by atoms with E-state index in [9.17, 15) is 31.1 Å². The van der Waals surface area contributed by atoms with Crippen LogP contribution in [0.5, 0.6) is 17.2 Å². The molecule has 1 N–H and O–H groups in total. The minimum atomic E-state index is -5.53. The lowest BCUT2D eigenvalue weighted by atomic mass is 9.85. The van der Waals surface area contributed by atoms with E-state index in [-0.39, 0.29) is 11.5 Å². The van der Waals surface area contributed by atoms with E-state index in [0.717, 1.165) is 0 Å². The average molecular weight is 444 g/mol. The van der Waals surface area contributed by atoms with Crippen molar-refractivity contribution in [2.75, 3.05) is 34.4 Å². The molecule has 1 aromatic carbocycles. The summed E-state index contributed by atoms with van der Waals surface area (Å²) in [5.74, 6) is 0.853. The fourth-order valence-corrected chi connectivity index (χ4v) is 3.32. The summed E-state index contributed by atoms with van der Waals surface area (Å²) in [5, 5.41) is 2.42. The van der Waals surface area contributed by atoms with Crippen molar-refractivity contribution < 1.29 is 45.3 Å². The number of ether oxygens (including phenoxy) is 3. The molecule has 1 aliphatic heterocycles. The van der Waals surface area contributed by atoms with Gasteiger partial charge in [-0.05, 0) is 31.0 Å². The van der Waals surface area contributed by atoms with Crippen molar-refractivity contribution in [1.29, 1.82) is 0 Å². The Hall–Kier alpha value is -2.53. The van der Waals surface area contributed by atoms with Crippen molar-refractivity contribution in [2.24, 2.45) is 5.41 Å². The number of carbonyl (C=O) groups excluding carboxylic acids is 1. The standard InChI is InChI=1S/C18H22F6N2O4/c1-10(11-7-12(28-2)14(30-4)13(8-11)29-3)25-15(27)26-6-5-16(9-26,17(19,20)21)18(22,23)24/h7-8,10H,5-6,9H2,1-4H3,(H,25,27). The molecule has 1 heterocycles. The molecule has 1 saturated heterocycles. The SMILES string of the molecule is COc1cc(C(C)NC(=O)N2CCC(C(F)(F)F)(C(F)(F)F)C2)cc(OC)c1OC. The van der Waals surface area contributed by atoms with E-state index in [2.05, 4.69) is 5.32 Å². The number of alkyl halides is 6. The number of nitrogens with one attached hydrogen (secondary N) is 1. The van der Waals surface area contributed by atoms with E-state index < -0.39 is 49.4 Å². The van der Waals surface area contributed by atoms with Gasteiger partial charge in [0.25, 0.3) is 0 Å². The van der Waals surface area contributed by atoms with E-state index >= 15 is 0 Å². The number of methoxy groups -OCH3 is 3. The smallest absolute Gasteiger partial charge is 0.404 e. The van der Waals surface area contributed by atoms with Crippen LogP contribution in [0.2, 0.25) is 0 Å². The first-order valence-electron chi connectivity index (χ1n) is 8.80. The lowest BCUT2D eigenvalue weighted by Crippen LogP contribution is -2.53. The van der Waals surface area contributed by atoms with E-state index in [4.69, 9.17) is 14.2 Å². The zero-order valence-electron chi connectivity index (χ0n) is 16.7. The Morgan fingerprint density at radius 1 is 1.03 bits per heavy atom. The van der Waals surface area contributed by atoms with Gasteiger partial charge in [-0.1, -0.05) is 0 Å². The topological polar surface area (TPSA) is 60.0 Å². The van der Waals surface area contributed by atoms with Gasteiger partial charge in [0.05, 0.1) is 27.4 Å². The van der Waals surface area contributed by atoms with Gasteiger partial charge < -0.3 is 24.4 Å². The number of urea groups is 1. The molecule has 1 unspecified atom stereocenters. The van der Waals surface area contributed by atoms with Crippen molar-refractivity contribution in [3.05, 3.63) is 17.7 Å². The number of likely N-dealkylation sites (tertiary alicyclic amines) is 1. The van der Waals surface area contributed by atoms with Crippen molar-refractivity contribution in [3.8, 4) is 17.2 Å². The summed E-state index contributed by atoms with van der Waals surface area (Å²) < 4.78 is 94.8. The van der Waals surface area contributed by atoms with Crippen LogP contribution >= 0.6 is 0 Å². The molecule has 30 heavy (non-hydrogen) atoms. The van der Waals surface area contributed by atoms with Gasteiger partial charge in [-0.3, -0.25) is 0 Å². The van der Waals surface area contributed by atoms with Crippen LogP contribution in [0.3, 0.4) is 0 Å². The Kier molecular flexibility index (Phi) is 6.57. The average Bonchev–Trinajstić information content (AvgIpc) is 3.13. The maximum absolute atomic E-state index is 13.2. The number of nitrogens with zero attached hydrogens (tertiary/aromatic N) is 1. The molecule has 0 spiro atoms. The summed E-state index contributed by atoms with van der Waals surface area (Å²) in [6.45, 7) is -0.643. The number of halogens is 6. The summed E-state index contributed by atoms with van der Waals surface area (Å²) in [5.41, 5.74) is -3.48. The highest BCUT2D eigenvalue weighted by Crippen LogP contribution is 2.55. The van der Waals surface area contributed by atoms with Gasteiger partial charge in [0.2, 0.25) is 5.75 Å². The number of amides is 2. The van der Waals surface area contributed by atoms with Crippen LogP contribution in [0, 0.1) is 5.41 Å². The van der Waals surface area contributed by atoms with Crippen LogP contribution in [0.15, 0.2) is 12.1 Å². The van der Waals surface area contributed by atoms with E-state index in [1.165, 1.54) is 40.4 Å². The van der Waals surface area contributed by atoms with Gasteiger partial charge in [-0.15, -0.1) is 0 Å². The van der Waals surface area contributed by atoms with Crippen molar-refractivity contribution >= 4 is 6.03 Å². The predicted octanol–water partition coefficient (Wildman–Crippen LogP) is 4.30. The van der Waals surface area contributed by atoms with E-state index in [1.807, 2.05) is 0 Å². The highest BCUT2D eigenvalue weighted by Gasteiger charge is 2.72. The molecule has 1 fully saturated rings. The second-order valence-electron chi connectivity index (χ2n) is 6.88. The molecule has 0 radical (unpaired) electrons. The van der Waals surface area contributed by atoms with Crippen LogP contribution in [-0.2, 0) is 0 Å². The molecule has 170 valence electrons. The van der Waals surface area contributed by atoms with Crippen LogP contribution in [0.25, 0.3) is 0 Å². The Labute approximate surface area is 169 Å². The third-order valence-corrected chi connectivity index (χ3v) is 5.17. The highest BCUT2D eigenvalue weighted by molar-refractivity contribution is 5.75. The highest BCUT2D eigenvalue weighted by atomic mass is 19.4. The Balaban J connectivity index is 2.21. The zero-order chi connectivity index (χ0) is 22.9. The summed E-state index contributed by atoms with van der Waals surface area (Å²) in [4.78, 5) is 12.9. The summed E-state index contributed by atoms with van der Waals surface area (Å²) in [7, 11) is 4.15. The van der Waals surface area contributed by atoms with Crippen molar-refractivity contribution in [3.63, 3.8) is 0 Å². The van der Waals surface area contributed by atoms with Crippen LogP contribution in [0.4, 0.5) is 31.1 Å². The van der Waals surface area contributed by atoms with Gasteiger partial charge in [0.1, 0.15) is 0 Å². The van der Waals surface area contributed by atoms with Gasteiger partial charge in [-0.25, -0.2) is 4.79 Å². The Morgan fingerprint density at radius 3 is 1.90 bits per heavy atom. The fraction of sp³-hybridized carbons (Fsp3) is 0.611. The molecule has 0 aromatic heterocycles. The maximum Gasteiger partial charge on any atom is 0.404 e. The molecule has 12 heteroatoms. The summed E-state index contributed by atoms with van der Waals surface area (Å²) >= 11 is 0. The second kappa shape index (κ2) is 8.31. The first-order chi connectivity index (χ1) is 13.8. The Bertz CT molecular complexity index is 742. The molecule has 2 amide bonds. The molecule has 6 nitrogen and oxygen atoms in total. The monoisotopic (exact) mass is 444 g/mol. The minimum absolute atomic E-state index is 0.280. The normalized spacial score (nSPS) is 17.5. The van der Waals surface area contributed by atoms with Gasteiger partial charge in [0, 0.05) is 13.1 Å². The lowest BCUT2D eigenvalue weighted by molar-refractivity contribution is -0.334. The second-order valence-corrected chi connectivity index (χ2v) is 6.88. The first-order valence-corrected chi connectivity index (χ1v) is 8.80. The number of hydrogen-bond donors (Lipinski definition) is 1. The van der Waals surface area contributed by atoms with E-state index in [1.54, 1.807) is 0 Å². The number of benzene rings is 1. The Morgan fingerprint density at radius 2 is 1.53 bits per heavy atom. The van der Waals surface area contributed by atoms with Gasteiger partial charge in [0.15, 0.2) is 16.9 Å². The third-order valence-electron chi connectivity index (χ3n) is 5.17. The quantitative estimate of drug-likeness (QED) is 0.689. The molecular weight excluding hydrogens is 422 g/mol. The predicted molar refractivity (Wildman–Crippen MR) is 93.8 cm³/mol. The zero-order valence-corrected chi connectivity index (χ0v) is 16.7. The molecule has 0 bridgehead atoms. The molecule has 1 atom stereocenters. The van der Waals surface area contributed by atoms with Crippen molar-refractivity contribution in [2.45, 2.75) is 31.7 Å². The molecule has 0 aliphatic carbocycles. The molecule has 1 aliphatic rings. The maximum atomic E-state index is 13.2. The van der Waals surface area contributed by atoms with Gasteiger partial charge >= 0.3 is 18.4 Å². The number of carbonyl (C=O) groups is 1. The van der Waals surface area contributed by atoms with E-state index in [0.29, 0.717) is 16.2 Å². The summed E-state index contributed by atoms with van der Waals surface area (Å²) in [6.07, 6.45) is -12.3. The third kappa shape index (κ3) is 4.17. The number of hydrogen-bond acceptors (Lipinski definition) is 4. The van der Waals surface area contributed by atoms with Crippen LogP contribution in [0.1, 0.15) is 24.9 Å². The van der Waals surface area contributed by atoms with Crippen LogP contribution < -0.4 is 19.5 Å².